The van der Waals surface area contributed by atoms with Crippen LogP contribution in [-0.2, 0) is 48.1 Å². The molecule has 422 valence electrons. The number of rotatable bonds is 17. The SMILES string of the molecule is Cc1cc(N2CCN(c3ccc(C(=O)Nc4ccc(F)cc4)cc3)CC2)ccc1OC[C@@H]1CO[C@@](Cn2cncn2)(c2ccc(F)cc2F)C1.Cc1ccc(S(=O)(=O)OC[C@@H]2CO[C@@](Cn3cncn3)(c3ccc(F)cc3F)C2)cc1. The number of benzene rings is 6. The van der Waals surface area contributed by atoms with Gasteiger partial charge in [0.2, 0.25) is 0 Å². The van der Waals surface area contributed by atoms with Gasteiger partial charge in [0.1, 0.15) is 71.3 Å². The predicted molar refractivity (Wildman–Crippen MR) is 290 cm³/mol. The van der Waals surface area contributed by atoms with Crippen molar-refractivity contribution in [3.63, 3.8) is 0 Å². The summed E-state index contributed by atoms with van der Waals surface area (Å²) in [4.78, 5) is 25.2. The smallest absolute Gasteiger partial charge is 0.296 e. The van der Waals surface area contributed by atoms with Crippen molar-refractivity contribution in [1.29, 1.82) is 0 Å². The molecule has 16 nitrogen and oxygen atoms in total. The standard InChI is InChI=1S/C38H37F3N6O3.C21H21F2N3O4S/c1-26-18-33(46-16-14-45(15-17-46)32-9-2-28(3-10-32)37(48)44-31-7-4-29(39)5-8-31)11-13-36(26)49-21-27-20-38(50-22-27,23-47-25-42-24-43-47)34-12-6-30(40)19-35(34)41;1-15-2-5-18(6-3-15)31(27,28)30-11-16-9-21(29-10-16,12-26-14-24-13-25-26)19-7-4-17(22)8-20(19)23/h2-13,18-19,24-25,27H,14-17,20-23H2,1H3,(H,44,48);2-8,13-14,16H,9-12H2,1H3/t27-,38+;16-,21-/m10/s1. The van der Waals surface area contributed by atoms with Crippen molar-refractivity contribution in [2.75, 3.05) is 67.7 Å². The van der Waals surface area contributed by atoms with Crippen LogP contribution in [0.5, 0.6) is 5.75 Å². The summed E-state index contributed by atoms with van der Waals surface area (Å²) in [5.74, 6) is -2.90. The lowest BCUT2D eigenvalue weighted by Crippen LogP contribution is -2.46. The second-order valence-corrected chi connectivity index (χ2v) is 22.1. The number of piperazine rings is 1. The van der Waals surface area contributed by atoms with Gasteiger partial charge in [0.05, 0.1) is 44.4 Å². The fraction of sp³-hybridized carbons (Fsp3) is 0.305. The first-order valence-electron chi connectivity index (χ1n) is 26.2. The van der Waals surface area contributed by atoms with E-state index in [-0.39, 0.29) is 66.7 Å². The van der Waals surface area contributed by atoms with Gasteiger partial charge in [-0.1, -0.05) is 29.8 Å². The van der Waals surface area contributed by atoms with Gasteiger partial charge in [-0.2, -0.15) is 18.6 Å². The van der Waals surface area contributed by atoms with E-state index >= 15 is 0 Å². The van der Waals surface area contributed by atoms with Crippen molar-refractivity contribution < 1.29 is 53.6 Å². The molecule has 3 aliphatic heterocycles. The summed E-state index contributed by atoms with van der Waals surface area (Å²) >= 11 is 0. The third-order valence-electron chi connectivity index (χ3n) is 14.7. The second-order valence-electron chi connectivity index (χ2n) is 20.5. The Morgan fingerprint density at radius 2 is 1.15 bits per heavy atom. The van der Waals surface area contributed by atoms with Crippen molar-refractivity contribution in [2.45, 2.75) is 55.9 Å². The fourth-order valence-electron chi connectivity index (χ4n) is 10.5. The molecule has 2 aromatic heterocycles. The normalized spacial score (nSPS) is 20.0. The van der Waals surface area contributed by atoms with E-state index in [2.05, 4.69) is 47.4 Å². The first-order chi connectivity index (χ1) is 39.0. The minimum absolute atomic E-state index is 0.0200. The molecule has 0 bridgehead atoms. The molecular weight excluding hydrogens is 1070 g/mol. The van der Waals surface area contributed by atoms with Crippen LogP contribution in [-0.4, -0.2) is 96.5 Å². The zero-order valence-corrected chi connectivity index (χ0v) is 45.1. The number of carbonyl (C=O) groups excluding carboxylic acids is 1. The van der Waals surface area contributed by atoms with Gasteiger partial charge in [0.25, 0.3) is 16.0 Å². The number of hydrogen-bond donors (Lipinski definition) is 1. The fourth-order valence-corrected chi connectivity index (χ4v) is 11.5. The first kappa shape index (κ1) is 56.2. The number of carbonyl (C=O) groups is 1. The van der Waals surface area contributed by atoms with E-state index in [4.69, 9.17) is 18.4 Å². The van der Waals surface area contributed by atoms with Crippen molar-refractivity contribution in [2.24, 2.45) is 11.8 Å². The molecule has 0 saturated carbocycles. The Morgan fingerprint density at radius 1 is 0.630 bits per heavy atom. The molecule has 3 aliphatic rings. The third kappa shape index (κ3) is 13.4. The molecule has 0 aliphatic carbocycles. The topological polar surface area (TPSA) is 168 Å². The lowest BCUT2D eigenvalue weighted by Gasteiger charge is -2.37. The molecule has 4 atom stereocenters. The van der Waals surface area contributed by atoms with E-state index in [0.29, 0.717) is 36.4 Å². The van der Waals surface area contributed by atoms with Gasteiger partial charge >= 0.3 is 0 Å². The summed E-state index contributed by atoms with van der Waals surface area (Å²) in [7, 11) is -3.94. The van der Waals surface area contributed by atoms with Crippen molar-refractivity contribution in [3.8, 4) is 5.75 Å². The zero-order valence-electron chi connectivity index (χ0n) is 44.3. The molecule has 5 heterocycles. The van der Waals surface area contributed by atoms with Crippen LogP contribution in [0, 0.1) is 54.8 Å². The third-order valence-corrected chi connectivity index (χ3v) is 16.0. The summed E-state index contributed by atoms with van der Waals surface area (Å²) in [6.07, 6.45) is 6.52. The number of ether oxygens (including phenoxy) is 3. The van der Waals surface area contributed by atoms with Gasteiger partial charge in [-0.3, -0.25) is 8.98 Å². The highest BCUT2D eigenvalue weighted by molar-refractivity contribution is 7.86. The maximum absolute atomic E-state index is 15.0. The minimum atomic E-state index is -3.94. The van der Waals surface area contributed by atoms with Gasteiger partial charge in [-0.05, 0) is 123 Å². The van der Waals surface area contributed by atoms with Crippen molar-refractivity contribution >= 4 is 33.1 Å². The summed E-state index contributed by atoms with van der Waals surface area (Å²) in [6, 6.07) is 32.6. The monoisotopic (exact) mass is 1130 g/mol. The number of nitrogens with one attached hydrogen (secondary N) is 1. The average Bonchev–Trinajstić information content (AvgIpc) is 4.34. The minimum Gasteiger partial charge on any atom is -0.493 e. The number of amides is 1. The molecule has 0 spiro atoms. The highest BCUT2D eigenvalue weighted by Gasteiger charge is 2.46. The van der Waals surface area contributed by atoms with Crippen LogP contribution in [0.3, 0.4) is 0 Å². The molecule has 1 amide bonds. The van der Waals surface area contributed by atoms with Crippen LogP contribution in [0.1, 0.15) is 45.5 Å². The quantitative estimate of drug-likeness (QED) is 0.0677. The Morgan fingerprint density at radius 3 is 1.67 bits per heavy atom. The number of nitrogens with zero attached hydrogens (tertiary/aromatic N) is 8. The molecular formula is C59H58F5N9O7S. The largest absolute Gasteiger partial charge is 0.493 e. The molecule has 3 fully saturated rings. The van der Waals surface area contributed by atoms with E-state index in [9.17, 15) is 35.2 Å². The molecule has 1 N–H and O–H groups in total. The summed E-state index contributed by atoms with van der Waals surface area (Å²) in [5, 5.41) is 11.0. The maximum Gasteiger partial charge on any atom is 0.296 e. The zero-order chi connectivity index (χ0) is 56.7. The summed E-state index contributed by atoms with van der Waals surface area (Å²) in [6.45, 7) is 8.34. The Hall–Kier alpha value is -8.05. The van der Waals surface area contributed by atoms with Gasteiger partial charge in [-0.15, -0.1) is 0 Å². The van der Waals surface area contributed by atoms with Gasteiger partial charge in [0.15, 0.2) is 0 Å². The van der Waals surface area contributed by atoms with Crippen molar-refractivity contribution in [3.05, 3.63) is 210 Å². The second kappa shape index (κ2) is 24.4. The van der Waals surface area contributed by atoms with Crippen LogP contribution >= 0.6 is 0 Å². The number of aromatic nitrogens is 6. The molecule has 81 heavy (non-hydrogen) atoms. The number of anilines is 3. The lowest BCUT2D eigenvalue weighted by atomic mass is 9.87. The van der Waals surface area contributed by atoms with Crippen LogP contribution in [0.15, 0.2) is 158 Å². The highest BCUT2D eigenvalue weighted by Crippen LogP contribution is 2.44. The average molecular weight is 1130 g/mol. The van der Waals surface area contributed by atoms with Gasteiger partial charge in [0, 0.05) is 83.9 Å². The Balaban J connectivity index is 0.000000203. The van der Waals surface area contributed by atoms with Crippen LogP contribution < -0.4 is 19.9 Å². The molecule has 8 aromatic rings. The van der Waals surface area contributed by atoms with Crippen molar-refractivity contribution in [1.82, 2.24) is 29.5 Å². The Labute approximate surface area is 465 Å². The number of halogens is 5. The van der Waals surface area contributed by atoms with Gasteiger partial charge < -0.3 is 29.3 Å². The van der Waals surface area contributed by atoms with E-state index in [0.717, 1.165) is 72.6 Å². The van der Waals surface area contributed by atoms with Crippen LogP contribution in [0.2, 0.25) is 0 Å². The lowest BCUT2D eigenvalue weighted by molar-refractivity contribution is -0.0209. The van der Waals surface area contributed by atoms with E-state index in [1.165, 1.54) is 78.3 Å². The van der Waals surface area contributed by atoms with E-state index < -0.39 is 44.6 Å². The molecule has 0 unspecified atom stereocenters. The maximum atomic E-state index is 15.0. The highest BCUT2D eigenvalue weighted by atomic mass is 32.2. The number of aryl methyl sites for hydroxylation is 2. The summed E-state index contributed by atoms with van der Waals surface area (Å²) < 4.78 is 122. The molecule has 6 aromatic carbocycles. The van der Waals surface area contributed by atoms with Crippen LogP contribution in [0.25, 0.3) is 0 Å². The van der Waals surface area contributed by atoms with E-state index in [1.54, 1.807) is 35.3 Å². The van der Waals surface area contributed by atoms with E-state index in [1.807, 2.05) is 32.0 Å². The molecule has 3 saturated heterocycles. The predicted octanol–water partition coefficient (Wildman–Crippen LogP) is 9.80. The molecule has 11 rings (SSSR count). The first-order valence-corrected chi connectivity index (χ1v) is 27.6. The van der Waals surface area contributed by atoms with Gasteiger partial charge in [-0.25, -0.2) is 41.3 Å². The Bertz CT molecular complexity index is 3540. The summed E-state index contributed by atoms with van der Waals surface area (Å²) in [5.41, 5.74) is 3.46. The van der Waals surface area contributed by atoms with Crippen LogP contribution in [0.4, 0.5) is 39.0 Å². The Kier molecular flexibility index (Phi) is 16.9. The molecule has 22 heteroatoms. The molecule has 0 radical (unpaired) electrons. The number of hydrogen-bond acceptors (Lipinski definition) is 13.